The molecule has 0 bridgehead atoms. The summed E-state index contributed by atoms with van der Waals surface area (Å²) in [5, 5.41) is 1.12. The summed E-state index contributed by atoms with van der Waals surface area (Å²) in [7, 11) is 0. The summed E-state index contributed by atoms with van der Waals surface area (Å²) in [6, 6.07) is 12.0. The summed E-state index contributed by atoms with van der Waals surface area (Å²) >= 11 is 0. The number of hydrogen-bond acceptors (Lipinski definition) is 3. The highest BCUT2D eigenvalue weighted by Crippen LogP contribution is 2.29. The van der Waals surface area contributed by atoms with E-state index >= 15 is 0 Å². The third kappa shape index (κ3) is 3.37. The van der Waals surface area contributed by atoms with Crippen molar-refractivity contribution in [3.8, 4) is 5.88 Å². The minimum absolute atomic E-state index is 0.0613. The maximum Gasteiger partial charge on any atom is 0.222 e. The van der Waals surface area contributed by atoms with Crippen LogP contribution in [-0.2, 0) is 4.79 Å². The van der Waals surface area contributed by atoms with E-state index in [0.717, 1.165) is 30.3 Å². The van der Waals surface area contributed by atoms with Gasteiger partial charge < -0.3 is 9.64 Å². The van der Waals surface area contributed by atoms with Gasteiger partial charge >= 0.3 is 0 Å². The third-order valence-electron chi connectivity index (χ3n) is 5.30. The summed E-state index contributed by atoms with van der Waals surface area (Å²) in [5.74, 6) is 1.57. The van der Waals surface area contributed by atoms with Crippen LogP contribution in [0.2, 0.25) is 0 Å². The number of carbonyl (C=O) groups is 1. The van der Waals surface area contributed by atoms with Crippen LogP contribution >= 0.6 is 0 Å². The topological polar surface area (TPSA) is 42.4 Å². The quantitative estimate of drug-likeness (QED) is 0.859. The fourth-order valence-corrected chi connectivity index (χ4v) is 3.93. The van der Waals surface area contributed by atoms with Gasteiger partial charge in [-0.2, -0.15) is 0 Å². The normalized spacial score (nSPS) is 21.5. The van der Waals surface area contributed by atoms with E-state index in [2.05, 4.69) is 4.98 Å². The number of rotatable bonds is 4. The van der Waals surface area contributed by atoms with Gasteiger partial charge in [0.1, 0.15) is 6.10 Å². The number of para-hydroxylation sites is 1. The highest BCUT2D eigenvalue weighted by Gasteiger charge is 2.29. The van der Waals surface area contributed by atoms with Crippen molar-refractivity contribution in [3.63, 3.8) is 0 Å². The Morgan fingerprint density at radius 1 is 1.12 bits per heavy atom. The van der Waals surface area contributed by atoms with E-state index in [4.69, 9.17) is 4.74 Å². The molecule has 2 aliphatic rings. The van der Waals surface area contributed by atoms with Gasteiger partial charge in [-0.25, -0.2) is 4.98 Å². The van der Waals surface area contributed by atoms with E-state index in [1.165, 1.54) is 25.7 Å². The number of likely N-dealkylation sites (tertiary alicyclic amines) is 1. The van der Waals surface area contributed by atoms with E-state index in [1.54, 1.807) is 0 Å². The molecular weight excluding hydrogens is 300 g/mol. The van der Waals surface area contributed by atoms with Crippen LogP contribution in [0.4, 0.5) is 0 Å². The van der Waals surface area contributed by atoms with E-state index in [9.17, 15) is 4.79 Å². The van der Waals surface area contributed by atoms with Crippen LogP contribution < -0.4 is 4.74 Å². The van der Waals surface area contributed by atoms with Crippen LogP contribution in [0.1, 0.15) is 38.5 Å². The number of pyridine rings is 1. The Kier molecular flexibility index (Phi) is 4.37. The van der Waals surface area contributed by atoms with Gasteiger partial charge in [0.05, 0.1) is 12.1 Å². The lowest BCUT2D eigenvalue weighted by molar-refractivity contribution is -0.131. The Hall–Kier alpha value is -2.10. The first-order chi connectivity index (χ1) is 11.8. The SMILES string of the molecule is O=C(CC1CCCC1)N1CCC(Oc2ccc3ccccc3n2)C1. The van der Waals surface area contributed by atoms with Crippen molar-refractivity contribution in [1.82, 2.24) is 9.88 Å². The number of amides is 1. The molecule has 0 N–H and O–H groups in total. The van der Waals surface area contributed by atoms with E-state index in [-0.39, 0.29) is 6.10 Å². The molecule has 24 heavy (non-hydrogen) atoms. The summed E-state index contributed by atoms with van der Waals surface area (Å²) in [4.78, 5) is 19.0. The molecule has 2 heterocycles. The predicted octanol–water partition coefficient (Wildman–Crippen LogP) is 3.79. The molecule has 0 spiro atoms. The first kappa shape index (κ1) is 15.4. The Morgan fingerprint density at radius 3 is 2.83 bits per heavy atom. The molecule has 1 saturated carbocycles. The fraction of sp³-hybridized carbons (Fsp3) is 0.500. The smallest absolute Gasteiger partial charge is 0.222 e. The van der Waals surface area contributed by atoms with E-state index in [1.807, 2.05) is 41.3 Å². The largest absolute Gasteiger partial charge is 0.472 e. The van der Waals surface area contributed by atoms with Gasteiger partial charge in [0.25, 0.3) is 0 Å². The van der Waals surface area contributed by atoms with Crippen LogP contribution in [0.25, 0.3) is 10.9 Å². The number of carbonyl (C=O) groups excluding carboxylic acids is 1. The maximum absolute atomic E-state index is 12.4. The summed E-state index contributed by atoms with van der Waals surface area (Å²) in [5.41, 5.74) is 0.946. The lowest BCUT2D eigenvalue weighted by Gasteiger charge is -2.19. The first-order valence-corrected chi connectivity index (χ1v) is 9.08. The van der Waals surface area contributed by atoms with Gasteiger partial charge in [0.15, 0.2) is 0 Å². The van der Waals surface area contributed by atoms with Crippen LogP contribution in [0, 0.1) is 5.92 Å². The third-order valence-corrected chi connectivity index (χ3v) is 5.30. The van der Waals surface area contributed by atoms with Gasteiger partial charge in [-0.3, -0.25) is 4.79 Å². The number of ether oxygens (including phenoxy) is 1. The molecule has 4 heteroatoms. The molecule has 0 radical (unpaired) electrons. The van der Waals surface area contributed by atoms with Crippen molar-refractivity contribution in [3.05, 3.63) is 36.4 Å². The van der Waals surface area contributed by atoms with Crippen molar-refractivity contribution in [2.45, 2.75) is 44.6 Å². The van der Waals surface area contributed by atoms with Crippen molar-refractivity contribution in [2.24, 2.45) is 5.92 Å². The fourth-order valence-electron chi connectivity index (χ4n) is 3.93. The lowest BCUT2D eigenvalue weighted by Crippen LogP contribution is -2.32. The molecule has 1 aliphatic carbocycles. The van der Waals surface area contributed by atoms with Gasteiger partial charge in [-0.05, 0) is 30.9 Å². The Morgan fingerprint density at radius 2 is 1.96 bits per heavy atom. The average Bonchev–Trinajstić information content (AvgIpc) is 3.27. The molecule has 1 atom stereocenters. The second kappa shape index (κ2) is 6.80. The molecule has 1 aromatic carbocycles. The number of benzene rings is 1. The van der Waals surface area contributed by atoms with Gasteiger partial charge in [-0.15, -0.1) is 0 Å². The Labute approximate surface area is 142 Å². The molecule has 4 nitrogen and oxygen atoms in total. The summed E-state index contributed by atoms with van der Waals surface area (Å²) < 4.78 is 6.03. The molecule has 1 aliphatic heterocycles. The maximum atomic E-state index is 12.4. The standard InChI is InChI=1S/C20H24N2O2/c23-20(13-15-5-1-2-6-15)22-12-11-17(14-22)24-19-10-9-16-7-3-4-8-18(16)21-19/h3-4,7-10,15,17H,1-2,5-6,11-14H2. The first-order valence-electron chi connectivity index (χ1n) is 9.08. The molecule has 1 saturated heterocycles. The summed E-state index contributed by atoms with van der Waals surface area (Å²) in [6.45, 7) is 1.50. The van der Waals surface area contributed by atoms with Crippen molar-refractivity contribution < 1.29 is 9.53 Å². The highest BCUT2D eigenvalue weighted by atomic mass is 16.5. The molecule has 2 aromatic rings. The van der Waals surface area contributed by atoms with Gasteiger partial charge in [0.2, 0.25) is 11.8 Å². The Balaban J connectivity index is 1.34. The Bertz CT molecular complexity index is 724. The van der Waals surface area contributed by atoms with Crippen LogP contribution in [-0.4, -0.2) is 35.0 Å². The monoisotopic (exact) mass is 324 g/mol. The number of aromatic nitrogens is 1. The van der Waals surface area contributed by atoms with Crippen molar-refractivity contribution >= 4 is 16.8 Å². The molecule has 4 rings (SSSR count). The van der Waals surface area contributed by atoms with Crippen molar-refractivity contribution in [1.29, 1.82) is 0 Å². The second-order valence-electron chi connectivity index (χ2n) is 7.07. The predicted molar refractivity (Wildman–Crippen MR) is 93.9 cm³/mol. The van der Waals surface area contributed by atoms with Gasteiger partial charge in [-0.1, -0.05) is 31.0 Å². The van der Waals surface area contributed by atoms with E-state index < -0.39 is 0 Å². The molecular formula is C20H24N2O2. The number of nitrogens with zero attached hydrogens (tertiary/aromatic N) is 2. The van der Waals surface area contributed by atoms with Crippen LogP contribution in [0.15, 0.2) is 36.4 Å². The minimum Gasteiger partial charge on any atom is -0.472 e. The molecule has 2 fully saturated rings. The lowest BCUT2D eigenvalue weighted by atomic mass is 10.0. The zero-order valence-corrected chi connectivity index (χ0v) is 14.0. The summed E-state index contributed by atoms with van der Waals surface area (Å²) in [6.07, 6.45) is 6.70. The molecule has 1 aromatic heterocycles. The molecule has 126 valence electrons. The van der Waals surface area contributed by atoms with Crippen LogP contribution in [0.5, 0.6) is 5.88 Å². The van der Waals surface area contributed by atoms with E-state index in [0.29, 0.717) is 24.2 Å². The van der Waals surface area contributed by atoms with Crippen LogP contribution in [0.3, 0.4) is 0 Å². The average molecular weight is 324 g/mol. The number of fused-ring (bicyclic) bond motifs is 1. The number of hydrogen-bond donors (Lipinski definition) is 0. The highest BCUT2D eigenvalue weighted by molar-refractivity contribution is 5.79. The molecule has 1 unspecified atom stereocenters. The molecule has 1 amide bonds. The minimum atomic E-state index is 0.0613. The van der Waals surface area contributed by atoms with Crippen molar-refractivity contribution in [2.75, 3.05) is 13.1 Å². The van der Waals surface area contributed by atoms with Gasteiger partial charge in [0, 0.05) is 30.8 Å². The second-order valence-corrected chi connectivity index (χ2v) is 7.07. The zero-order chi connectivity index (χ0) is 16.4. The zero-order valence-electron chi connectivity index (χ0n) is 14.0.